The van der Waals surface area contributed by atoms with Crippen molar-refractivity contribution in [2.75, 3.05) is 27.2 Å². The quantitative estimate of drug-likeness (QED) is 0.644. The van der Waals surface area contributed by atoms with Gasteiger partial charge in [-0.2, -0.15) is 0 Å². The molecule has 6 heteroatoms. The third-order valence-electron chi connectivity index (χ3n) is 4.05. The number of hydrogen-bond acceptors (Lipinski definition) is 6. The first-order chi connectivity index (χ1) is 25.6. The molecule has 2 heterocycles. The molecule has 0 amide bonds. The molecule has 3 rings (SSSR count). The summed E-state index contributed by atoms with van der Waals surface area (Å²) >= 11 is 0. The minimum absolute atomic E-state index is 0.148. The number of fused-ring (bicyclic) bond motifs is 3. The molecule has 30 heavy (non-hydrogen) atoms. The summed E-state index contributed by atoms with van der Waals surface area (Å²) in [4.78, 5) is 13.9. The second-order valence-electron chi connectivity index (χ2n) is 5.94. The molecular formula is C24H38N2O4. The average molecular weight is 448 g/mol. The summed E-state index contributed by atoms with van der Waals surface area (Å²) < 4.78 is 258. The van der Waals surface area contributed by atoms with Crippen LogP contribution in [0.3, 0.4) is 0 Å². The van der Waals surface area contributed by atoms with Crippen LogP contribution in [0, 0.1) is 17.7 Å². The van der Waals surface area contributed by atoms with E-state index in [4.69, 9.17) is 50.1 Å². The van der Waals surface area contributed by atoms with Gasteiger partial charge in [0.25, 0.3) is 0 Å². The molecule has 1 saturated heterocycles. The van der Waals surface area contributed by atoms with Crippen molar-refractivity contribution in [1.29, 1.82) is 0 Å². The second kappa shape index (κ2) is 9.56. The van der Waals surface area contributed by atoms with Crippen LogP contribution in [0.4, 0.5) is 0 Å². The van der Waals surface area contributed by atoms with Gasteiger partial charge in [-0.1, -0.05) is 27.4 Å². The predicted molar refractivity (Wildman–Crippen MR) is 118 cm³/mol. The van der Waals surface area contributed by atoms with Gasteiger partial charge in [-0.05, 0) is 47.8 Å². The first-order valence-corrected chi connectivity index (χ1v) is 8.29. The molecular weight excluding hydrogens is 380 g/mol. The minimum atomic E-state index is -5.22. The number of carbonyl (C=O) groups excluding carboxylic acids is 1. The molecule has 6 nitrogen and oxygen atoms in total. The Kier molecular flexibility index (Phi) is 1.90. The highest BCUT2D eigenvalue weighted by molar-refractivity contribution is 5.76. The Morgan fingerprint density at radius 3 is 2.93 bits per heavy atom. The Balaban J connectivity index is 2.74. The molecule has 0 spiro atoms. The molecule has 3 unspecified atom stereocenters. The lowest BCUT2D eigenvalue weighted by atomic mass is 9.79. The van der Waals surface area contributed by atoms with E-state index in [2.05, 4.69) is 0 Å². The normalized spacial score (nSPS) is 54.1. The molecule has 2 N–H and O–H groups in total. The monoisotopic (exact) mass is 447 g/mol. The van der Waals surface area contributed by atoms with Crippen LogP contribution < -0.4 is 15.2 Å². The van der Waals surface area contributed by atoms with Crippen LogP contribution in [0.2, 0.25) is 0 Å². The topological polar surface area (TPSA) is 74.0 Å². The molecule has 0 radical (unpaired) electrons. The van der Waals surface area contributed by atoms with Crippen LogP contribution in [0.25, 0.3) is 0 Å². The predicted octanol–water partition coefficient (Wildman–Crippen LogP) is 3.56. The smallest absolute Gasteiger partial charge is 0.323 e. The zero-order valence-electron chi connectivity index (χ0n) is 44.6. The van der Waals surface area contributed by atoms with Crippen molar-refractivity contribution in [3.8, 4) is 11.5 Å². The van der Waals surface area contributed by atoms with Crippen LogP contribution in [0.1, 0.15) is 97.1 Å². The summed E-state index contributed by atoms with van der Waals surface area (Å²) in [5.74, 6) is -19.6. The van der Waals surface area contributed by atoms with E-state index in [0.29, 0.717) is 0 Å². The molecule has 168 valence electrons. The van der Waals surface area contributed by atoms with E-state index in [1.54, 1.807) is 0 Å². The number of piperidine rings is 1. The molecule has 4 atom stereocenters. The van der Waals surface area contributed by atoms with Gasteiger partial charge in [0, 0.05) is 60.1 Å². The number of hydrogen-bond donors (Lipinski definition) is 1. The van der Waals surface area contributed by atoms with Crippen LogP contribution in [-0.4, -0.2) is 50.2 Å². The molecule has 1 aromatic carbocycles. The highest BCUT2D eigenvalue weighted by Crippen LogP contribution is 2.44. The Hall–Kier alpha value is -1.79. The molecule has 1 aromatic rings. The van der Waals surface area contributed by atoms with Gasteiger partial charge >= 0.3 is 5.97 Å². The van der Waals surface area contributed by atoms with E-state index in [1.165, 1.54) is 0 Å². The fourth-order valence-electron chi connectivity index (χ4n) is 2.71. The van der Waals surface area contributed by atoms with Crippen molar-refractivity contribution in [3.05, 3.63) is 23.2 Å². The highest BCUT2D eigenvalue weighted by atomic mass is 16.5. The van der Waals surface area contributed by atoms with Gasteiger partial charge in [-0.25, -0.2) is 0 Å². The summed E-state index contributed by atoms with van der Waals surface area (Å²) in [6, 6.07) is -11.0. The zero-order chi connectivity index (χ0) is 47.2. The first kappa shape index (κ1) is 5.96. The van der Waals surface area contributed by atoms with Crippen LogP contribution in [-0.2, 0) is 16.0 Å². The molecule has 1 fully saturated rings. The molecule has 0 saturated carbocycles. The number of carbonyl (C=O) groups is 1. The Morgan fingerprint density at radius 1 is 1.43 bits per heavy atom. The minimum Gasteiger partial charge on any atom is -0.493 e. The fourth-order valence-corrected chi connectivity index (χ4v) is 2.71. The van der Waals surface area contributed by atoms with Gasteiger partial charge in [0.2, 0.25) is 0 Å². The summed E-state index contributed by atoms with van der Waals surface area (Å²) in [7, 11) is -2.59. The van der Waals surface area contributed by atoms with Gasteiger partial charge in [-0.15, -0.1) is 0 Å². The highest BCUT2D eigenvalue weighted by Gasteiger charge is 2.41. The van der Waals surface area contributed by atoms with Crippen LogP contribution in [0.15, 0.2) is 12.1 Å². The van der Waals surface area contributed by atoms with Gasteiger partial charge in [0.15, 0.2) is 11.5 Å². The van der Waals surface area contributed by atoms with Crippen molar-refractivity contribution in [2.24, 2.45) is 23.4 Å². The lowest BCUT2D eigenvalue weighted by Gasteiger charge is -2.47. The maximum atomic E-state index is 14.1. The first-order valence-electron chi connectivity index (χ1n) is 22.8. The molecule has 0 aromatic heterocycles. The Bertz CT molecular complexity index is 1820. The summed E-state index contributed by atoms with van der Waals surface area (Å²) in [5.41, 5.74) is 3.58. The fraction of sp³-hybridized carbons (Fsp3) is 0.708. The average Bonchev–Trinajstić information content (AvgIpc) is 3.01. The molecule has 2 aliphatic rings. The van der Waals surface area contributed by atoms with Crippen molar-refractivity contribution >= 4 is 5.97 Å². The van der Waals surface area contributed by atoms with E-state index in [-0.39, 0.29) is 4.90 Å². The largest absolute Gasteiger partial charge is 0.493 e. The number of nitrogens with two attached hydrogens (primary N) is 1. The van der Waals surface area contributed by atoms with E-state index in [1.807, 2.05) is 0 Å². The number of esters is 1. The maximum Gasteiger partial charge on any atom is 0.323 e. The number of methoxy groups -OCH3 is 2. The summed E-state index contributed by atoms with van der Waals surface area (Å²) in [5, 5.41) is 0. The maximum absolute atomic E-state index is 14.1. The van der Waals surface area contributed by atoms with E-state index < -0.39 is 143 Å². The lowest BCUT2D eigenvalue weighted by molar-refractivity contribution is -0.160. The van der Waals surface area contributed by atoms with Crippen molar-refractivity contribution < 1.29 is 58.8 Å². The summed E-state index contributed by atoms with van der Waals surface area (Å²) in [6.45, 7) is -23.5. The number of nitrogens with zero attached hydrogens (tertiary/aromatic N) is 1. The Labute approximate surface area is 221 Å². The third kappa shape index (κ3) is 4.75. The van der Waals surface area contributed by atoms with E-state index in [9.17, 15) is 14.4 Å². The van der Waals surface area contributed by atoms with Crippen LogP contribution in [0.5, 0.6) is 11.5 Å². The van der Waals surface area contributed by atoms with Gasteiger partial charge in [-0.3, -0.25) is 9.69 Å². The Morgan fingerprint density at radius 2 is 2.23 bits per heavy atom. The summed E-state index contributed by atoms with van der Waals surface area (Å²) in [6.07, 6.45) is -15.9. The SMILES string of the molecule is [2H]c1c2c(c([2H])c(OC)c1OC([2H])([2H])[2H])C1([2H])N(CC2)C([2H])([2H])C([2H])(C([2H])([2H])C([2H])(C([2H])([2H])[2H])C([2H])([2H])[2H])C([2H])(OC(=O)[C@@]([2H])(N)C([2H])(C([2H])([2H])[2H])C([2H])([2H])[2H])C1([2H])[2H]. The van der Waals surface area contributed by atoms with Crippen LogP contribution >= 0.6 is 0 Å². The number of benzene rings is 1. The van der Waals surface area contributed by atoms with Crippen molar-refractivity contribution in [2.45, 2.75) is 64.7 Å². The number of rotatable bonds is 7. The number of ether oxygens (including phenoxy) is 3. The van der Waals surface area contributed by atoms with Gasteiger partial charge < -0.3 is 19.9 Å². The molecule has 2 aliphatic heterocycles. The zero-order valence-corrected chi connectivity index (χ0v) is 15.6. The molecule has 0 bridgehead atoms. The third-order valence-corrected chi connectivity index (χ3v) is 4.05. The van der Waals surface area contributed by atoms with Gasteiger partial charge in [0.05, 0.1) is 25.1 Å². The van der Waals surface area contributed by atoms with Gasteiger partial charge in [0.1, 0.15) is 12.1 Å². The molecule has 0 aliphatic carbocycles. The second-order valence-corrected chi connectivity index (χ2v) is 5.94. The van der Waals surface area contributed by atoms with Crippen molar-refractivity contribution in [1.82, 2.24) is 4.90 Å². The van der Waals surface area contributed by atoms with E-state index in [0.717, 1.165) is 7.11 Å². The lowest BCUT2D eigenvalue weighted by Crippen LogP contribution is -2.51. The standard InChI is InChI=1S/C24H38N2O4/c1-14(2)9-17-13-26-8-7-16-10-21(28-5)22(29-6)11-18(16)19(26)12-20(17)30-24(27)23(25)15(3)4/h10-11,14-15,17,19-20,23H,7-9,12-13,25H2,1-6H3/t17?,19?,20?,23-/m0/s1/i1D3,2D3,3D3,4D3,5D3,9D2,10D,11D,12D2,13D2,14D,15D,17D,19D,20D,23D. The van der Waals surface area contributed by atoms with Crippen molar-refractivity contribution in [3.63, 3.8) is 0 Å². The van der Waals surface area contributed by atoms with E-state index >= 15 is 0 Å².